The third kappa shape index (κ3) is 4.56. The maximum atomic E-state index is 12.6. The summed E-state index contributed by atoms with van der Waals surface area (Å²) in [4.78, 5) is 0.0965. The number of rotatable bonds is 6. The summed E-state index contributed by atoms with van der Waals surface area (Å²) < 4.78 is 59.3. The van der Waals surface area contributed by atoms with E-state index in [1.165, 1.54) is 28.6 Å². The molecule has 0 unspecified atom stereocenters. The maximum Gasteiger partial charge on any atom is 0.243 e. The first-order valence-corrected chi connectivity index (χ1v) is 11.5. The van der Waals surface area contributed by atoms with Gasteiger partial charge in [-0.1, -0.05) is 24.3 Å². The van der Waals surface area contributed by atoms with E-state index in [9.17, 15) is 16.8 Å². The standard InChI is InChI=1S/C18H22N2O5S2/c1-15-4-2-3-5-16(15)14-19-26(21,22)17-6-8-18(9-7-17)27(23,24)20-10-12-25-13-11-20/h2-9,19H,10-14H2,1H3. The molecule has 146 valence electrons. The van der Waals surface area contributed by atoms with E-state index in [-0.39, 0.29) is 16.3 Å². The van der Waals surface area contributed by atoms with E-state index in [1.54, 1.807) is 0 Å². The van der Waals surface area contributed by atoms with Gasteiger partial charge in [0, 0.05) is 19.6 Å². The predicted molar refractivity (Wildman–Crippen MR) is 101 cm³/mol. The van der Waals surface area contributed by atoms with Gasteiger partial charge < -0.3 is 4.74 Å². The Labute approximate surface area is 160 Å². The average molecular weight is 411 g/mol. The molecule has 1 saturated heterocycles. The van der Waals surface area contributed by atoms with E-state index in [4.69, 9.17) is 4.74 Å². The molecule has 0 amide bonds. The lowest BCUT2D eigenvalue weighted by Gasteiger charge is -2.26. The molecule has 3 rings (SSSR count). The third-order valence-corrected chi connectivity index (χ3v) is 7.79. The van der Waals surface area contributed by atoms with Crippen molar-refractivity contribution >= 4 is 20.0 Å². The van der Waals surface area contributed by atoms with Crippen LogP contribution in [0.5, 0.6) is 0 Å². The molecule has 2 aromatic rings. The fourth-order valence-electron chi connectivity index (χ4n) is 2.79. The Balaban J connectivity index is 1.75. The minimum atomic E-state index is -3.74. The average Bonchev–Trinajstić information content (AvgIpc) is 2.68. The van der Waals surface area contributed by atoms with Gasteiger partial charge in [0.2, 0.25) is 20.0 Å². The van der Waals surface area contributed by atoms with Gasteiger partial charge >= 0.3 is 0 Å². The summed E-state index contributed by atoms with van der Waals surface area (Å²) in [5, 5.41) is 0. The summed E-state index contributed by atoms with van der Waals surface area (Å²) in [6, 6.07) is 12.8. The van der Waals surface area contributed by atoms with Gasteiger partial charge in [-0.3, -0.25) is 0 Å². The van der Waals surface area contributed by atoms with E-state index in [0.717, 1.165) is 11.1 Å². The molecule has 27 heavy (non-hydrogen) atoms. The van der Waals surface area contributed by atoms with Crippen molar-refractivity contribution in [2.45, 2.75) is 23.3 Å². The molecular weight excluding hydrogens is 388 g/mol. The first-order valence-electron chi connectivity index (χ1n) is 8.53. The molecule has 0 bridgehead atoms. The normalized spacial score (nSPS) is 16.3. The molecule has 1 fully saturated rings. The molecule has 0 saturated carbocycles. The molecule has 0 aliphatic carbocycles. The zero-order valence-electron chi connectivity index (χ0n) is 15.0. The molecule has 1 heterocycles. The number of benzene rings is 2. The van der Waals surface area contributed by atoms with Crippen molar-refractivity contribution in [1.82, 2.24) is 9.03 Å². The number of ether oxygens (including phenoxy) is 1. The van der Waals surface area contributed by atoms with Crippen LogP contribution in [0, 0.1) is 6.92 Å². The van der Waals surface area contributed by atoms with E-state index in [1.807, 2.05) is 31.2 Å². The predicted octanol–water partition coefficient (Wildman–Crippen LogP) is 1.49. The molecule has 1 N–H and O–H groups in total. The van der Waals surface area contributed by atoms with Crippen LogP contribution in [0.2, 0.25) is 0 Å². The van der Waals surface area contributed by atoms with Crippen LogP contribution in [-0.2, 0) is 31.3 Å². The van der Waals surface area contributed by atoms with Gasteiger partial charge in [-0.05, 0) is 42.3 Å². The lowest BCUT2D eigenvalue weighted by Crippen LogP contribution is -2.40. The van der Waals surface area contributed by atoms with Crippen molar-refractivity contribution in [1.29, 1.82) is 0 Å². The van der Waals surface area contributed by atoms with Crippen LogP contribution in [0.4, 0.5) is 0 Å². The highest BCUT2D eigenvalue weighted by molar-refractivity contribution is 7.89. The maximum absolute atomic E-state index is 12.6. The van der Waals surface area contributed by atoms with Gasteiger partial charge in [0.05, 0.1) is 23.0 Å². The summed E-state index contributed by atoms with van der Waals surface area (Å²) in [5.74, 6) is 0. The van der Waals surface area contributed by atoms with Gasteiger partial charge in [-0.25, -0.2) is 21.6 Å². The Morgan fingerprint density at radius 1 is 0.926 bits per heavy atom. The topological polar surface area (TPSA) is 92.8 Å². The van der Waals surface area contributed by atoms with Crippen LogP contribution in [-0.4, -0.2) is 47.4 Å². The Bertz CT molecular complexity index is 996. The highest BCUT2D eigenvalue weighted by Crippen LogP contribution is 2.19. The van der Waals surface area contributed by atoms with Crippen LogP contribution in [0.15, 0.2) is 58.3 Å². The number of nitrogens with zero attached hydrogens (tertiary/aromatic N) is 1. The number of hydrogen-bond donors (Lipinski definition) is 1. The Hall–Kier alpha value is -1.78. The minimum Gasteiger partial charge on any atom is -0.379 e. The second-order valence-electron chi connectivity index (χ2n) is 6.24. The van der Waals surface area contributed by atoms with E-state index in [0.29, 0.717) is 26.3 Å². The summed E-state index contributed by atoms with van der Waals surface area (Å²) in [7, 11) is -7.39. The zero-order valence-corrected chi connectivity index (χ0v) is 16.6. The Morgan fingerprint density at radius 2 is 1.52 bits per heavy atom. The van der Waals surface area contributed by atoms with Crippen molar-refractivity contribution < 1.29 is 21.6 Å². The molecule has 7 nitrogen and oxygen atoms in total. The monoisotopic (exact) mass is 410 g/mol. The first-order chi connectivity index (χ1) is 12.8. The third-order valence-electron chi connectivity index (χ3n) is 4.46. The second kappa shape index (κ2) is 8.07. The smallest absolute Gasteiger partial charge is 0.243 e. The molecule has 2 aromatic carbocycles. The quantitative estimate of drug-likeness (QED) is 0.779. The molecule has 0 spiro atoms. The zero-order chi connectivity index (χ0) is 19.5. The molecule has 1 aliphatic heterocycles. The van der Waals surface area contributed by atoms with Gasteiger partial charge in [0.15, 0.2) is 0 Å². The van der Waals surface area contributed by atoms with Crippen LogP contribution in [0.3, 0.4) is 0 Å². The highest BCUT2D eigenvalue weighted by atomic mass is 32.2. The number of nitrogens with one attached hydrogen (secondary N) is 1. The van der Waals surface area contributed by atoms with Crippen LogP contribution in [0.25, 0.3) is 0 Å². The van der Waals surface area contributed by atoms with Crippen molar-refractivity contribution in [2.75, 3.05) is 26.3 Å². The van der Waals surface area contributed by atoms with Gasteiger partial charge in [0.25, 0.3) is 0 Å². The number of sulfonamides is 2. The van der Waals surface area contributed by atoms with Gasteiger partial charge in [0.1, 0.15) is 0 Å². The molecule has 9 heteroatoms. The lowest BCUT2D eigenvalue weighted by atomic mass is 10.1. The summed E-state index contributed by atoms with van der Waals surface area (Å²) in [6.07, 6.45) is 0. The minimum absolute atomic E-state index is 0.0250. The van der Waals surface area contributed by atoms with Gasteiger partial charge in [-0.2, -0.15) is 4.31 Å². The summed E-state index contributed by atoms with van der Waals surface area (Å²) >= 11 is 0. The molecular formula is C18H22N2O5S2. The molecule has 1 aliphatic rings. The van der Waals surface area contributed by atoms with E-state index in [2.05, 4.69) is 4.72 Å². The van der Waals surface area contributed by atoms with Crippen molar-refractivity contribution in [3.05, 3.63) is 59.7 Å². The molecule has 0 atom stereocenters. The Morgan fingerprint density at radius 3 is 2.15 bits per heavy atom. The van der Waals surface area contributed by atoms with Crippen molar-refractivity contribution in [2.24, 2.45) is 0 Å². The SMILES string of the molecule is Cc1ccccc1CNS(=O)(=O)c1ccc(S(=O)(=O)N2CCOCC2)cc1. The molecule has 0 aromatic heterocycles. The van der Waals surface area contributed by atoms with Gasteiger partial charge in [-0.15, -0.1) is 0 Å². The molecule has 0 radical (unpaired) electrons. The Kier molecular flexibility index (Phi) is 5.97. The van der Waals surface area contributed by atoms with E-state index >= 15 is 0 Å². The second-order valence-corrected chi connectivity index (χ2v) is 9.94. The van der Waals surface area contributed by atoms with Crippen molar-refractivity contribution in [3.63, 3.8) is 0 Å². The number of aryl methyl sites for hydroxylation is 1. The van der Waals surface area contributed by atoms with Crippen LogP contribution in [0.1, 0.15) is 11.1 Å². The number of morpholine rings is 1. The van der Waals surface area contributed by atoms with E-state index < -0.39 is 20.0 Å². The fraction of sp³-hybridized carbons (Fsp3) is 0.333. The van der Waals surface area contributed by atoms with Crippen molar-refractivity contribution in [3.8, 4) is 0 Å². The summed E-state index contributed by atoms with van der Waals surface area (Å²) in [6.45, 7) is 3.38. The lowest BCUT2D eigenvalue weighted by molar-refractivity contribution is 0.0730. The van der Waals surface area contributed by atoms with Crippen LogP contribution >= 0.6 is 0 Å². The first kappa shape index (κ1) is 20.0. The van der Waals surface area contributed by atoms with Crippen LogP contribution < -0.4 is 4.72 Å². The number of hydrogen-bond acceptors (Lipinski definition) is 5. The fourth-order valence-corrected chi connectivity index (χ4v) is 5.21. The summed E-state index contributed by atoms with van der Waals surface area (Å²) in [5.41, 5.74) is 1.87. The largest absolute Gasteiger partial charge is 0.379 e. The highest BCUT2D eigenvalue weighted by Gasteiger charge is 2.26.